The Labute approximate surface area is 191 Å². The standard InChI is InChI=1S/C27H22N2O4/c1-18(27(30)31)15-26-28-24(17-25(29-26)20-7-6-10-23(16-20)32-2)19-11-13-22(14-12-19)33-21-8-4-3-5-9-21/h3-17,28H,1H2,2H3,(H,30,31)/b26-15-. The highest BCUT2D eigenvalue weighted by Crippen LogP contribution is 2.26. The average molecular weight is 438 g/mol. The van der Waals surface area contributed by atoms with Gasteiger partial charge < -0.3 is 19.9 Å². The molecule has 0 aromatic heterocycles. The third-order valence-electron chi connectivity index (χ3n) is 4.88. The van der Waals surface area contributed by atoms with E-state index in [1.54, 1.807) is 7.11 Å². The minimum atomic E-state index is -1.11. The Bertz CT molecular complexity index is 1270. The van der Waals surface area contributed by atoms with Crippen molar-refractivity contribution in [1.29, 1.82) is 0 Å². The second-order valence-corrected chi connectivity index (χ2v) is 7.21. The first-order valence-corrected chi connectivity index (χ1v) is 10.2. The van der Waals surface area contributed by atoms with Gasteiger partial charge in [0.25, 0.3) is 0 Å². The van der Waals surface area contributed by atoms with Crippen LogP contribution in [-0.4, -0.2) is 23.9 Å². The predicted molar refractivity (Wildman–Crippen MR) is 128 cm³/mol. The molecule has 2 N–H and O–H groups in total. The molecule has 3 aromatic rings. The molecular weight excluding hydrogens is 416 g/mol. The molecule has 0 fully saturated rings. The van der Waals surface area contributed by atoms with Gasteiger partial charge in [-0.05, 0) is 66.2 Å². The van der Waals surface area contributed by atoms with Gasteiger partial charge in [0.05, 0.1) is 18.4 Å². The van der Waals surface area contributed by atoms with Gasteiger partial charge in [0, 0.05) is 11.3 Å². The van der Waals surface area contributed by atoms with E-state index < -0.39 is 5.97 Å². The third kappa shape index (κ3) is 5.37. The predicted octanol–water partition coefficient (Wildman–Crippen LogP) is 5.40. The number of nitrogens with one attached hydrogen (secondary N) is 1. The van der Waals surface area contributed by atoms with Crippen molar-refractivity contribution in [2.75, 3.05) is 7.11 Å². The summed E-state index contributed by atoms with van der Waals surface area (Å²) in [6.45, 7) is 3.58. The zero-order valence-corrected chi connectivity index (χ0v) is 18.0. The number of para-hydroxylation sites is 1. The molecule has 0 amide bonds. The van der Waals surface area contributed by atoms with Gasteiger partial charge in [-0.15, -0.1) is 0 Å². The van der Waals surface area contributed by atoms with E-state index in [-0.39, 0.29) is 5.57 Å². The molecule has 0 atom stereocenters. The lowest BCUT2D eigenvalue weighted by Crippen LogP contribution is -2.19. The molecule has 33 heavy (non-hydrogen) atoms. The van der Waals surface area contributed by atoms with Crippen LogP contribution in [-0.2, 0) is 4.79 Å². The highest BCUT2D eigenvalue weighted by atomic mass is 16.5. The second kappa shape index (κ2) is 9.70. The molecule has 0 saturated heterocycles. The van der Waals surface area contributed by atoms with Gasteiger partial charge in [0.1, 0.15) is 23.1 Å². The summed E-state index contributed by atoms with van der Waals surface area (Å²) in [7, 11) is 1.60. The van der Waals surface area contributed by atoms with Gasteiger partial charge in [-0.1, -0.05) is 36.9 Å². The normalized spacial score (nSPS) is 14.0. The summed E-state index contributed by atoms with van der Waals surface area (Å²) < 4.78 is 11.2. The number of rotatable bonds is 7. The van der Waals surface area contributed by atoms with E-state index in [2.05, 4.69) is 16.9 Å². The fourth-order valence-corrected chi connectivity index (χ4v) is 3.21. The summed E-state index contributed by atoms with van der Waals surface area (Å²) in [5, 5.41) is 12.4. The monoisotopic (exact) mass is 438 g/mol. The van der Waals surface area contributed by atoms with E-state index in [1.165, 1.54) is 6.08 Å². The molecule has 0 aliphatic carbocycles. The first-order chi connectivity index (χ1) is 16.0. The Morgan fingerprint density at radius 1 is 0.939 bits per heavy atom. The van der Waals surface area contributed by atoms with Crippen molar-refractivity contribution in [2.45, 2.75) is 0 Å². The average Bonchev–Trinajstić information content (AvgIpc) is 2.85. The maximum Gasteiger partial charge on any atom is 0.335 e. The van der Waals surface area contributed by atoms with Crippen molar-refractivity contribution < 1.29 is 19.4 Å². The molecule has 3 aromatic carbocycles. The number of hydrogen-bond acceptors (Lipinski definition) is 5. The quantitative estimate of drug-likeness (QED) is 0.483. The van der Waals surface area contributed by atoms with E-state index in [1.807, 2.05) is 84.9 Å². The Morgan fingerprint density at radius 2 is 1.64 bits per heavy atom. The Balaban J connectivity index is 1.67. The molecule has 4 rings (SSSR count). The van der Waals surface area contributed by atoms with E-state index >= 15 is 0 Å². The molecule has 1 heterocycles. The maximum absolute atomic E-state index is 11.3. The fourth-order valence-electron chi connectivity index (χ4n) is 3.21. The van der Waals surface area contributed by atoms with Gasteiger partial charge in [0.15, 0.2) is 0 Å². The number of methoxy groups -OCH3 is 1. The van der Waals surface area contributed by atoms with E-state index in [0.717, 1.165) is 22.6 Å². The molecule has 1 aliphatic rings. The summed E-state index contributed by atoms with van der Waals surface area (Å²) in [6.07, 6.45) is 3.31. The maximum atomic E-state index is 11.3. The molecular formula is C27H22N2O4. The lowest BCUT2D eigenvalue weighted by atomic mass is 10.0. The van der Waals surface area contributed by atoms with E-state index in [0.29, 0.717) is 23.0 Å². The van der Waals surface area contributed by atoms with Gasteiger partial charge in [-0.25, -0.2) is 9.79 Å². The van der Waals surface area contributed by atoms with Crippen LogP contribution in [0.1, 0.15) is 11.1 Å². The fraction of sp³-hybridized carbons (Fsp3) is 0.0370. The van der Waals surface area contributed by atoms with Crippen LogP contribution in [0.4, 0.5) is 0 Å². The molecule has 0 radical (unpaired) electrons. The summed E-state index contributed by atoms with van der Waals surface area (Å²) in [4.78, 5) is 15.9. The Hall–Kier alpha value is -4.58. The molecule has 6 nitrogen and oxygen atoms in total. The number of ether oxygens (including phenoxy) is 2. The molecule has 0 saturated carbocycles. The van der Waals surface area contributed by atoms with Crippen LogP contribution in [0, 0.1) is 0 Å². The van der Waals surface area contributed by atoms with Crippen LogP contribution in [0.3, 0.4) is 0 Å². The summed E-state index contributed by atoms with van der Waals surface area (Å²) >= 11 is 0. The number of nitrogens with zero attached hydrogens (tertiary/aromatic N) is 1. The van der Waals surface area contributed by atoms with Crippen LogP contribution in [0.15, 0.2) is 114 Å². The highest BCUT2D eigenvalue weighted by molar-refractivity contribution is 6.14. The first-order valence-electron chi connectivity index (χ1n) is 10.2. The van der Waals surface area contributed by atoms with E-state index in [9.17, 15) is 9.90 Å². The van der Waals surface area contributed by atoms with Crippen LogP contribution in [0.25, 0.3) is 5.70 Å². The van der Waals surface area contributed by atoms with Crippen LogP contribution in [0.2, 0.25) is 0 Å². The number of aliphatic imine (C=N–C) groups is 1. The molecule has 1 aliphatic heterocycles. The lowest BCUT2D eigenvalue weighted by molar-refractivity contribution is -0.132. The topological polar surface area (TPSA) is 80.2 Å². The van der Waals surface area contributed by atoms with Crippen molar-refractivity contribution in [3.8, 4) is 17.2 Å². The lowest BCUT2D eigenvalue weighted by Gasteiger charge is -2.19. The van der Waals surface area contributed by atoms with Gasteiger partial charge in [0.2, 0.25) is 0 Å². The number of carboxylic acid groups (broad SMARTS) is 1. The second-order valence-electron chi connectivity index (χ2n) is 7.21. The third-order valence-corrected chi connectivity index (χ3v) is 4.88. The van der Waals surface area contributed by atoms with Gasteiger partial charge in [-0.2, -0.15) is 0 Å². The number of aliphatic carboxylic acids is 1. The van der Waals surface area contributed by atoms with Crippen molar-refractivity contribution in [3.63, 3.8) is 0 Å². The number of benzene rings is 3. The first kappa shape index (κ1) is 21.6. The number of carboxylic acids is 1. The zero-order valence-electron chi connectivity index (χ0n) is 18.0. The van der Waals surface area contributed by atoms with Gasteiger partial charge in [-0.3, -0.25) is 0 Å². The van der Waals surface area contributed by atoms with Gasteiger partial charge >= 0.3 is 5.97 Å². The molecule has 6 heteroatoms. The van der Waals surface area contributed by atoms with Crippen molar-refractivity contribution in [2.24, 2.45) is 4.99 Å². The SMILES string of the molecule is C=C(/C=C1\N=C(c2cccc(OC)c2)C=C(c2ccc(Oc3ccccc3)cc2)N1)C(=O)O. The molecule has 0 bridgehead atoms. The van der Waals surface area contributed by atoms with Crippen LogP contribution >= 0.6 is 0 Å². The number of carbonyl (C=O) groups is 1. The van der Waals surface area contributed by atoms with Crippen molar-refractivity contribution in [3.05, 3.63) is 120 Å². The summed E-state index contributed by atoms with van der Waals surface area (Å²) in [6, 6.07) is 24.7. The van der Waals surface area contributed by atoms with Crippen LogP contribution < -0.4 is 14.8 Å². The zero-order chi connectivity index (χ0) is 23.2. The summed E-state index contributed by atoms with van der Waals surface area (Å²) in [5.74, 6) is 1.43. The Morgan fingerprint density at radius 3 is 2.33 bits per heavy atom. The van der Waals surface area contributed by atoms with E-state index in [4.69, 9.17) is 9.47 Å². The largest absolute Gasteiger partial charge is 0.497 e. The highest BCUT2D eigenvalue weighted by Gasteiger charge is 2.15. The smallest absolute Gasteiger partial charge is 0.335 e. The minimum Gasteiger partial charge on any atom is -0.497 e. The minimum absolute atomic E-state index is 0.0703. The number of hydrogen-bond donors (Lipinski definition) is 2. The molecule has 164 valence electrons. The van der Waals surface area contributed by atoms with Crippen LogP contribution in [0.5, 0.6) is 17.2 Å². The number of allylic oxidation sites excluding steroid dienone is 1. The Kier molecular flexibility index (Phi) is 6.36. The van der Waals surface area contributed by atoms with Crippen molar-refractivity contribution >= 4 is 17.4 Å². The van der Waals surface area contributed by atoms with Crippen molar-refractivity contribution in [1.82, 2.24) is 5.32 Å². The molecule has 0 spiro atoms. The summed E-state index contributed by atoms with van der Waals surface area (Å²) in [5.41, 5.74) is 3.08. The molecule has 0 unspecified atom stereocenters.